The molecule has 0 spiro atoms. The maximum absolute atomic E-state index is 12.4. The highest BCUT2D eigenvalue weighted by molar-refractivity contribution is 7.99. The number of benzene rings is 1. The number of amides is 1. The molecule has 1 aliphatic heterocycles. The Morgan fingerprint density at radius 1 is 1.19 bits per heavy atom. The van der Waals surface area contributed by atoms with Crippen LogP contribution in [-0.4, -0.2) is 70.7 Å². The molecule has 0 atom stereocenters. The number of hydrogen-bond acceptors (Lipinski definition) is 6. The van der Waals surface area contributed by atoms with Crippen molar-refractivity contribution < 1.29 is 9.53 Å². The number of morpholine rings is 1. The zero-order valence-corrected chi connectivity index (χ0v) is 17.0. The average Bonchev–Trinajstić information content (AvgIpc) is 3.12. The number of carbonyl (C=O) groups is 1. The molecule has 27 heavy (non-hydrogen) atoms. The Morgan fingerprint density at radius 2 is 1.89 bits per heavy atom. The zero-order chi connectivity index (χ0) is 19.2. The number of hydrogen-bond donors (Lipinski definition) is 0. The van der Waals surface area contributed by atoms with Crippen LogP contribution < -0.4 is 4.90 Å². The van der Waals surface area contributed by atoms with Crippen LogP contribution in [0.3, 0.4) is 0 Å². The highest BCUT2D eigenvalue weighted by Crippen LogP contribution is 2.29. The van der Waals surface area contributed by atoms with Crippen molar-refractivity contribution in [2.45, 2.75) is 25.9 Å². The summed E-state index contributed by atoms with van der Waals surface area (Å²) in [5.74, 6) is 1.29. The van der Waals surface area contributed by atoms with Crippen molar-refractivity contribution in [1.82, 2.24) is 19.7 Å². The molecule has 2 heterocycles. The van der Waals surface area contributed by atoms with E-state index in [1.807, 2.05) is 30.9 Å². The lowest BCUT2D eigenvalue weighted by Crippen LogP contribution is -2.38. The lowest BCUT2D eigenvalue weighted by molar-refractivity contribution is -0.127. The summed E-state index contributed by atoms with van der Waals surface area (Å²) in [6.45, 7) is 10.5. The molecule has 1 saturated heterocycles. The summed E-state index contributed by atoms with van der Waals surface area (Å²) in [6.07, 6.45) is 0. The Hall–Kier alpha value is -2.06. The van der Waals surface area contributed by atoms with Gasteiger partial charge in [-0.15, -0.1) is 10.2 Å². The summed E-state index contributed by atoms with van der Waals surface area (Å²) >= 11 is 1.44. The predicted octanol–water partition coefficient (Wildman–Crippen LogP) is 2.37. The average molecular weight is 390 g/mol. The van der Waals surface area contributed by atoms with E-state index in [-0.39, 0.29) is 5.91 Å². The van der Waals surface area contributed by atoms with Crippen LogP contribution in [0.2, 0.25) is 0 Å². The monoisotopic (exact) mass is 389 g/mol. The third-order valence-corrected chi connectivity index (χ3v) is 5.62. The van der Waals surface area contributed by atoms with Crippen LogP contribution in [0, 0.1) is 6.92 Å². The van der Waals surface area contributed by atoms with Gasteiger partial charge in [0.05, 0.1) is 24.7 Å². The van der Waals surface area contributed by atoms with Gasteiger partial charge in [-0.1, -0.05) is 30.0 Å². The van der Waals surface area contributed by atoms with Gasteiger partial charge in [0.2, 0.25) is 11.9 Å². The molecule has 0 aliphatic carbocycles. The van der Waals surface area contributed by atoms with Crippen LogP contribution in [0.4, 0.5) is 5.95 Å². The third-order valence-electron chi connectivity index (χ3n) is 4.71. The van der Waals surface area contributed by atoms with Gasteiger partial charge in [0.15, 0.2) is 5.16 Å². The molecule has 0 saturated carbocycles. The van der Waals surface area contributed by atoms with Gasteiger partial charge in [0.25, 0.3) is 0 Å². The molecule has 0 bridgehead atoms. The number of para-hydroxylation sites is 1. The Balaban J connectivity index is 1.90. The van der Waals surface area contributed by atoms with E-state index in [0.29, 0.717) is 19.0 Å². The van der Waals surface area contributed by atoms with Gasteiger partial charge >= 0.3 is 0 Å². The van der Waals surface area contributed by atoms with Crippen LogP contribution in [0.1, 0.15) is 19.4 Å². The van der Waals surface area contributed by atoms with Gasteiger partial charge in [-0.25, -0.2) is 0 Å². The molecule has 1 amide bonds. The fourth-order valence-corrected chi connectivity index (χ4v) is 3.99. The summed E-state index contributed by atoms with van der Waals surface area (Å²) in [5.41, 5.74) is 2.19. The highest BCUT2D eigenvalue weighted by Gasteiger charge is 2.23. The van der Waals surface area contributed by atoms with Crippen molar-refractivity contribution in [2.75, 3.05) is 50.0 Å². The largest absolute Gasteiger partial charge is 0.378 e. The summed E-state index contributed by atoms with van der Waals surface area (Å²) in [4.78, 5) is 16.5. The number of aromatic nitrogens is 3. The predicted molar refractivity (Wildman–Crippen MR) is 108 cm³/mol. The molecule has 1 fully saturated rings. The number of carbonyl (C=O) groups excluding carboxylic acids is 1. The summed E-state index contributed by atoms with van der Waals surface area (Å²) < 4.78 is 7.54. The molecular formula is C19H27N5O2S. The maximum Gasteiger partial charge on any atom is 0.233 e. The van der Waals surface area contributed by atoms with Gasteiger partial charge in [-0.05, 0) is 32.4 Å². The molecule has 1 aromatic heterocycles. The Labute approximate surface area is 164 Å². The number of anilines is 1. The second-order valence-electron chi connectivity index (χ2n) is 6.36. The van der Waals surface area contributed by atoms with Gasteiger partial charge in [-0.2, -0.15) is 0 Å². The molecule has 146 valence electrons. The number of nitrogens with zero attached hydrogens (tertiary/aromatic N) is 5. The molecular weight excluding hydrogens is 362 g/mol. The van der Waals surface area contributed by atoms with E-state index >= 15 is 0 Å². The first-order valence-corrected chi connectivity index (χ1v) is 10.4. The number of rotatable bonds is 7. The highest BCUT2D eigenvalue weighted by atomic mass is 32.2. The van der Waals surface area contributed by atoms with E-state index in [2.05, 4.69) is 38.7 Å². The minimum absolute atomic E-state index is 0.122. The van der Waals surface area contributed by atoms with Gasteiger partial charge in [0, 0.05) is 26.2 Å². The number of aryl methyl sites for hydroxylation is 1. The molecule has 0 N–H and O–H groups in total. The first-order chi connectivity index (χ1) is 13.2. The van der Waals surface area contributed by atoms with E-state index in [1.54, 1.807) is 0 Å². The molecule has 1 aliphatic rings. The van der Waals surface area contributed by atoms with E-state index in [9.17, 15) is 4.79 Å². The second-order valence-corrected chi connectivity index (χ2v) is 7.30. The van der Waals surface area contributed by atoms with Crippen molar-refractivity contribution in [1.29, 1.82) is 0 Å². The number of thioether (sulfide) groups is 1. The maximum atomic E-state index is 12.4. The molecule has 0 radical (unpaired) electrons. The van der Waals surface area contributed by atoms with Crippen LogP contribution >= 0.6 is 11.8 Å². The molecule has 2 aromatic rings. The van der Waals surface area contributed by atoms with Crippen LogP contribution in [0.15, 0.2) is 29.4 Å². The lowest BCUT2D eigenvalue weighted by Gasteiger charge is -2.28. The van der Waals surface area contributed by atoms with Crippen molar-refractivity contribution in [3.8, 4) is 5.69 Å². The molecule has 0 unspecified atom stereocenters. The van der Waals surface area contributed by atoms with Crippen LogP contribution in [0.5, 0.6) is 0 Å². The molecule has 3 rings (SSSR count). The Kier molecular flexibility index (Phi) is 6.73. The topological polar surface area (TPSA) is 63.5 Å². The van der Waals surface area contributed by atoms with E-state index in [4.69, 9.17) is 4.74 Å². The van der Waals surface area contributed by atoms with Crippen molar-refractivity contribution in [2.24, 2.45) is 0 Å². The second kappa shape index (κ2) is 9.23. The lowest BCUT2D eigenvalue weighted by atomic mass is 10.2. The SMILES string of the molecule is CCN(CC)C(=O)CSc1nnc(N2CCOCC2)n1-c1ccccc1C. The van der Waals surface area contributed by atoms with E-state index < -0.39 is 0 Å². The summed E-state index contributed by atoms with van der Waals surface area (Å²) in [5, 5.41) is 9.61. The molecule has 8 heteroatoms. The van der Waals surface area contributed by atoms with Crippen LogP contribution in [0.25, 0.3) is 5.69 Å². The zero-order valence-electron chi connectivity index (χ0n) is 16.2. The first kappa shape index (κ1) is 19.7. The summed E-state index contributed by atoms with van der Waals surface area (Å²) in [7, 11) is 0. The van der Waals surface area contributed by atoms with Crippen molar-refractivity contribution >= 4 is 23.6 Å². The minimum Gasteiger partial charge on any atom is -0.378 e. The summed E-state index contributed by atoms with van der Waals surface area (Å²) in [6, 6.07) is 8.18. The van der Waals surface area contributed by atoms with Gasteiger partial charge in [0.1, 0.15) is 0 Å². The Bertz CT molecular complexity index is 769. The van der Waals surface area contributed by atoms with Gasteiger partial charge < -0.3 is 14.5 Å². The molecule has 1 aromatic carbocycles. The standard InChI is InChI=1S/C19H27N5O2S/c1-4-22(5-2)17(25)14-27-19-21-20-18(23-10-12-26-13-11-23)24(19)16-9-7-6-8-15(16)3/h6-9H,4-5,10-14H2,1-3H3. The number of ether oxygens (including phenoxy) is 1. The van der Waals surface area contributed by atoms with Gasteiger partial charge in [-0.3, -0.25) is 9.36 Å². The quantitative estimate of drug-likeness (QED) is 0.678. The molecule has 7 nitrogen and oxygen atoms in total. The third kappa shape index (κ3) is 4.44. The van der Waals surface area contributed by atoms with Crippen LogP contribution in [-0.2, 0) is 9.53 Å². The van der Waals surface area contributed by atoms with E-state index in [0.717, 1.165) is 48.5 Å². The van der Waals surface area contributed by atoms with Crippen molar-refractivity contribution in [3.63, 3.8) is 0 Å². The van der Waals surface area contributed by atoms with Crippen molar-refractivity contribution in [3.05, 3.63) is 29.8 Å². The fraction of sp³-hybridized carbons (Fsp3) is 0.526. The smallest absolute Gasteiger partial charge is 0.233 e. The Morgan fingerprint density at radius 3 is 2.56 bits per heavy atom. The first-order valence-electron chi connectivity index (χ1n) is 9.40. The normalized spacial score (nSPS) is 14.4. The fourth-order valence-electron chi connectivity index (χ4n) is 3.14. The van der Waals surface area contributed by atoms with E-state index in [1.165, 1.54) is 11.8 Å². The minimum atomic E-state index is 0.122.